The van der Waals surface area contributed by atoms with Crippen molar-refractivity contribution in [2.45, 2.75) is 52.4 Å². The van der Waals surface area contributed by atoms with Crippen LogP contribution in [0.4, 0.5) is 0 Å². The van der Waals surface area contributed by atoms with Crippen molar-refractivity contribution in [2.24, 2.45) is 0 Å². The number of aryl methyl sites for hydroxylation is 4. The topological polar surface area (TPSA) is 51.6 Å². The third-order valence-corrected chi connectivity index (χ3v) is 4.78. The van der Waals surface area contributed by atoms with Crippen LogP contribution in [0.2, 0.25) is 0 Å². The highest BCUT2D eigenvalue weighted by Gasteiger charge is 2.34. The fourth-order valence-electron chi connectivity index (χ4n) is 3.46. The first-order valence-corrected chi connectivity index (χ1v) is 9.16. The maximum Gasteiger partial charge on any atom is 0.125 e. The summed E-state index contributed by atoms with van der Waals surface area (Å²) in [4.78, 5) is 17.0. The number of hydrogen-bond acceptors (Lipinski definition) is 4. The van der Waals surface area contributed by atoms with E-state index in [1.807, 2.05) is 33.8 Å². The van der Waals surface area contributed by atoms with Crippen molar-refractivity contribution >= 4 is 0 Å². The van der Waals surface area contributed by atoms with Crippen LogP contribution >= 0.6 is 0 Å². The van der Waals surface area contributed by atoms with Gasteiger partial charge >= 0.3 is 0 Å². The first-order valence-electron chi connectivity index (χ1n) is 9.16. The van der Waals surface area contributed by atoms with Gasteiger partial charge in [0, 0.05) is 29.2 Å². The van der Waals surface area contributed by atoms with Gasteiger partial charge in [-0.1, -0.05) is 30.3 Å². The van der Waals surface area contributed by atoms with Crippen molar-refractivity contribution in [1.29, 1.82) is 0 Å². The summed E-state index contributed by atoms with van der Waals surface area (Å²) in [5.74, 6) is 2.95. The Hall–Kier alpha value is -2.62. The Morgan fingerprint density at radius 2 is 1.42 bits per heavy atom. The molecule has 1 aliphatic carbocycles. The summed E-state index contributed by atoms with van der Waals surface area (Å²) in [5.41, 5.74) is 4.77. The summed E-state index contributed by atoms with van der Waals surface area (Å²) >= 11 is 0. The highest BCUT2D eigenvalue weighted by atomic mass is 14.9. The van der Waals surface area contributed by atoms with Gasteiger partial charge in [-0.15, -0.1) is 0 Å². The van der Waals surface area contributed by atoms with Crippen LogP contribution in [0.1, 0.15) is 59.0 Å². The fraction of sp³-hybridized carbons (Fsp3) is 0.364. The van der Waals surface area contributed by atoms with E-state index in [2.05, 4.69) is 56.3 Å². The SMILES string of the molecule is Cc1cc(C2CCC2c2ccccc2)nc(C)n1.Cc1ccnc(C)n1. The molecule has 1 aromatic carbocycles. The lowest BCUT2D eigenvalue weighted by molar-refractivity contribution is 0.339. The monoisotopic (exact) mass is 346 g/mol. The quantitative estimate of drug-likeness (QED) is 0.666. The van der Waals surface area contributed by atoms with Crippen LogP contribution in [0.25, 0.3) is 0 Å². The van der Waals surface area contributed by atoms with Crippen molar-refractivity contribution in [2.75, 3.05) is 0 Å². The van der Waals surface area contributed by atoms with E-state index in [4.69, 9.17) is 0 Å². The Morgan fingerprint density at radius 1 is 0.731 bits per heavy atom. The molecule has 2 heterocycles. The maximum atomic E-state index is 4.62. The first kappa shape index (κ1) is 18.2. The van der Waals surface area contributed by atoms with Crippen LogP contribution in [0.5, 0.6) is 0 Å². The summed E-state index contributed by atoms with van der Waals surface area (Å²) in [6.07, 6.45) is 4.28. The molecule has 0 N–H and O–H groups in total. The lowest BCUT2D eigenvalue weighted by Gasteiger charge is -2.36. The second-order valence-electron chi connectivity index (χ2n) is 6.93. The molecular weight excluding hydrogens is 320 g/mol. The van der Waals surface area contributed by atoms with Crippen molar-refractivity contribution in [3.05, 3.63) is 83.0 Å². The maximum absolute atomic E-state index is 4.62. The molecule has 4 rings (SSSR count). The Balaban J connectivity index is 0.000000206. The highest BCUT2D eigenvalue weighted by Crippen LogP contribution is 2.48. The molecule has 1 saturated carbocycles. The van der Waals surface area contributed by atoms with E-state index in [0.29, 0.717) is 11.8 Å². The van der Waals surface area contributed by atoms with Gasteiger partial charge < -0.3 is 0 Å². The summed E-state index contributed by atoms with van der Waals surface area (Å²) in [5, 5.41) is 0. The van der Waals surface area contributed by atoms with Gasteiger partial charge in [0.25, 0.3) is 0 Å². The lowest BCUT2D eigenvalue weighted by Crippen LogP contribution is -2.23. The number of nitrogens with zero attached hydrogens (tertiary/aromatic N) is 4. The summed E-state index contributed by atoms with van der Waals surface area (Å²) in [6.45, 7) is 7.86. The molecule has 2 unspecified atom stereocenters. The summed E-state index contributed by atoms with van der Waals surface area (Å²) < 4.78 is 0. The van der Waals surface area contributed by atoms with Crippen molar-refractivity contribution in [1.82, 2.24) is 19.9 Å². The second kappa shape index (κ2) is 8.17. The third kappa shape index (κ3) is 4.51. The number of benzene rings is 1. The minimum atomic E-state index is 0.577. The second-order valence-corrected chi connectivity index (χ2v) is 6.93. The largest absolute Gasteiger partial charge is 0.242 e. The minimum absolute atomic E-state index is 0.577. The van der Waals surface area contributed by atoms with Crippen LogP contribution in [0.3, 0.4) is 0 Å². The van der Waals surface area contributed by atoms with Crippen molar-refractivity contribution in [3.63, 3.8) is 0 Å². The molecule has 1 aliphatic rings. The minimum Gasteiger partial charge on any atom is -0.242 e. The van der Waals surface area contributed by atoms with Gasteiger partial charge in [0.2, 0.25) is 0 Å². The molecule has 0 amide bonds. The number of rotatable bonds is 2. The number of hydrogen-bond donors (Lipinski definition) is 0. The van der Waals surface area contributed by atoms with E-state index in [1.165, 1.54) is 24.1 Å². The van der Waals surface area contributed by atoms with Crippen LogP contribution in [-0.2, 0) is 0 Å². The Kier molecular flexibility index (Phi) is 5.71. The molecule has 0 bridgehead atoms. The van der Waals surface area contributed by atoms with Gasteiger partial charge in [0.05, 0.1) is 0 Å². The molecule has 134 valence electrons. The molecule has 3 aromatic rings. The predicted molar refractivity (Wildman–Crippen MR) is 104 cm³/mol. The van der Waals surface area contributed by atoms with Crippen molar-refractivity contribution < 1.29 is 0 Å². The molecule has 0 saturated heterocycles. The van der Waals surface area contributed by atoms with E-state index >= 15 is 0 Å². The zero-order valence-corrected chi connectivity index (χ0v) is 16.0. The smallest absolute Gasteiger partial charge is 0.125 e. The van der Waals surface area contributed by atoms with E-state index in [-0.39, 0.29) is 0 Å². The average molecular weight is 346 g/mol. The van der Waals surface area contributed by atoms with Crippen LogP contribution < -0.4 is 0 Å². The highest BCUT2D eigenvalue weighted by molar-refractivity contribution is 5.29. The zero-order valence-electron chi connectivity index (χ0n) is 16.0. The van der Waals surface area contributed by atoms with Gasteiger partial charge in [-0.2, -0.15) is 0 Å². The molecule has 4 nitrogen and oxygen atoms in total. The number of aromatic nitrogens is 4. The van der Waals surface area contributed by atoms with E-state index in [1.54, 1.807) is 6.20 Å². The van der Waals surface area contributed by atoms with E-state index < -0.39 is 0 Å². The van der Waals surface area contributed by atoms with Crippen LogP contribution in [0, 0.1) is 27.7 Å². The predicted octanol–water partition coefficient (Wildman–Crippen LogP) is 4.85. The van der Waals surface area contributed by atoms with Gasteiger partial charge in [0.1, 0.15) is 11.6 Å². The molecular formula is C22H26N4. The molecule has 0 aliphatic heterocycles. The van der Waals surface area contributed by atoms with Gasteiger partial charge in [-0.25, -0.2) is 19.9 Å². The Labute approximate surface area is 155 Å². The summed E-state index contributed by atoms with van der Waals surface area (Å²) in [7, 11) is 0. The molecule has 4 heteroatoms. The Morgan fingerprint density at radius 3 is 1.96 bits per heavy atom. The molecule has 1 fully saturated rings. The lowest BCUT2D eigenvalue weighted by atomic mass is 9.68. The molecule has 0 radical (unpaired) electrons. The van der Waals surface area contributed by atoms with Crippen LogP contribution in [-0.4, -0.2) is 19.9 Å². The van der Waals surface area contributed by atoms with Crippen molar-refractivity contribution in [3.8, 4) is 0 Å². The summed E-state index contributed by atoms with van der Waals surface area (Å²) in [6, 6.07) is 14.8. The van der Waals surface area contributed by atoms with Gasteiger partial charge in [-0.05, 0) is 64.2 Å². The first-order chi connectivity index (χ1) is 12.5. The van der Waals surface area contributed by atoms with Gasteiger partial charge in [-0.3, -0.25) is 0 Å². The Bertz CT molecular complexity index is 824. The molecule has 2 aromatic heterocycles. The van der Waals surface area contributed by atoms with E-state index in [9.17, 15) is 0 Å². The van der Waals surface area contributed by atoms with Gasteiger partial charge in [0.15, 0.2) is 0 Å². The normalized spacial score (nSPS) is 18.5. The van der Waals surface area contributed by atoms with Crippen LogP contribution in [0.15, 0.2) is 48.7 Å². The fourth-order valence-corrected chi connectivity index (χ4v) is 3.46. The van der Waals surface area contributed by atoms with E-state index in [0.717, 1.165) is 23.0 Å². The molecule has 2 atom stereocenters. The molecule has 0 spiro atoms. The standard InChI is InChI=1S/C16H18N2.C6H8N2/c1-11-10-16(18-12(2)17-11)15-9-8-14(15)13-6-4-3-5-7-13;1-5-3-4-7-6(2)8-5/h3-7,10,14-15H,8-9H2,1-2H3;3-4H,1-2H3. The third-order valence-electron chi connectivity index (χ3n) is 4.78. The zero-order chi connectivity index (χ0) is 18.5. The average Bonchev–Trinajstić information content (AvgIpc) is 2.54. The molecule has 26 heavy (non-hydrogen) atoms.